The second-order valence-electron chi connectivity index (χ2n) is 8.27. The molecule has 2 heterocycles. The third-order valence-electron chi connectivity index (χ3n) is 5.86. The maximum absolute atomic E-state index is 5.20. The fourth-order valence-corrected chi connectivity index (χ4v) is 3.96. The lowest BCUT2D eigenvalue weighted by atomic mass is 10.1. The molecule has 3 aromatic rings. The summed E-state index contributed by atoms with van der Waals surface area (Å²) in [6.45, 7) is 4.69. The van der Waals surface area contributed by atoms with E-state index in [1.54, 1.807) is 14.2 Å². The summed E-state index contributed by atoms with van der Waals surface area (Å²) in [7, 11) is 3.41. The van der Waals surface area contributed by atoms with Crippen LogP contribution >= 0.6 is 0 Å². The van der Waals surface area contributed by atoms with Gasteiger partial charge in [-0.1, -0.05) is 30.7 Å². The van der Waals surface area contributed by atoms with Crippen molar-refractivity contribution in [2.24, 2.45) is 4.99 Å². The van der Waals surface area contributed by atoms with Crippen LogP contribution in [0.25, 0.3) is 11.4 Å². The zero-order chi connectivity index (χ0) is 22.9. The highest BCUT2D eigenvalue weighted by atomic mass is 16.5. The molecule has 1 aliphatic rings. The van der Waals surface area contributed by atoms with E-state index in [0.717, 1.165) is 29.6 Å². The zero-order valence-corrected chi connectivity index (χ0v) is 19.5. The predicted molar refractivity (Wildman–Crippen MR) is 131 cm³/mol. The monoisotopic (exact) mass is 447 g/mol. The third kappa shape index (κ3) is 6.55. The van der Waals surface area contributed by atoms with E-state index in [4.69, 9.17) is 4.74 Å². The Balaban J connectivity index is 1.24. The fraction of sp³-hybridized carbons (Fsp3) is 0.400. The summed E-state index contributed by atoms with van der Waals surface area (Å²) < 4.78 is 5.20. The molecule has 1 aliphatic heterocycles. The quantitative estimate of drug-likeness (QED) is 0.363. The molecular weight excluding hydrogens is 414 g/mol. The molecule has 0 spiro atoms. The standard InChI is InChI=1S/C25H33N7O/c1-26-25(27-16-19-6-8-20(9-7-19)18-32-14-4-3-5-15-32)28-17-23-29-24(31-30-23)21-10-12-22(33-2)13-11-21/h6-13H,3-5,14-18H2,1-2H3,(H2,26,27,28)(H,29,30,31). The Morgan fingerprint density at radius 3 is 2.36 bits per heavy atom. The Hall–Kier alpha value is -3.39. The molecule has 0 atom stereocenters. The van der Waals surface area contributed by atoms with Crippen molar-refractivity contribution < 1.29 is 4.74 Å². The Kier molecular flexibility index (Phi) is 7.92. The molecule has 8 heteroatoms. The number of aliphatic imine (C=N–C) groups is 1. The number of methoxy groups -OCH3 is 1. The number of nitrogens with one attached hydrogen (secondary N) is 3. The molecule has 0 bridgehead atoms. The topological polar surface area (TPSA) is 90.5 Å². The molecular formula is C25H33N7O. The molecule has 174 valence electrons. The number of benzene rings is 2. The van der Waals surface area contributed by atoms with Crippen molar-refractivity contribution in [1.82, 2.24) is 30.7 Å². The second-order valence-corrected chi connectivity index (χ2v) is 8.27. The van der Waals surface area contributed by atoms with Gasteiger partial charge in [0.05, 0.1) is 13.7 Å². The SMILES string of the molecule is CN=C(NCc1ccc(CN2CCCCC2)cc1)NCc1nc(-c2ccc(OC)cc2)n[nH]1. The van der Waals surface area contributed by atoms with Crippen molar-refractivity contribution in [3.8, 4) is 17.1 Å². The minimum absolute atomic E-state index is 0.498. The van der Waals surface area contributed by atoms with E-state index >= 15 is 0 Å². The number of hydrogen-bond donors (Lipinski definition) is 3. The predicted octanol–water partition coefficient (Wildman–Crippen LogP) is 3.33. The first-order valence-electron chi connectivity index (χ1n) is 11.5. The van der Waals surface area contributed by atoms with Crippen LogP contribution in [0.3, 0.4) is 0 Å². The van der Waals surface area contributed by atoms with Crippen molar-refractivity contribution >= 4 is 5.96 Å². The minimum Gasteiger partial charge on any atom is -0.497 e. The number of aromatic amines is 1. The van der Waals surface area contributed by atoms with Gasteiger partial charge in [0.15, 0.2) is 11.8 Å². The van der Waals surface area contributed by atoms with Gasteiger partial charge < -0.3 is 15.4 Å². The number of ether oxygens (including phenoxy) is 1. The van der Waals surface area contributed by atoms with Gasteiger partial charge in [0.25, 0.3) is 0 Å². The van der Waals surface area contributed by atoms with Crippen LogP contribution in [0.4, 0.5) is 0 Å². The molecule has 3 N–H and O–H groups in total. The zero-order valence-electron chi connectivity index (χ0n) is 19.5. The molecule has 0 aliphatic carbocycles. The summed E-state index contributed by atoms with van der Waals surface area (Å²) in [5, 5.41) is 13.9. The molecule has 33 heavy (non-hydrogen) atoms. The van der Waals surface area contributed by atoms with E-state index in [0.29, 0.717) is 18.9 Å². The summed E-state index contributed by atoms with van der Waals surface area (Å²) in [6.07, 6.45) is 4.02. The van der Waals surface area contributed by atoms with Crippen molar-refractivity contribution in [1.29, 1.82) is 0 Å². The van der Waals surface area contributed by atoms with Crippen LogP contribution in [-0.4, -0.2) is 53.3 Å². The van der Waals surface area contributed by atoms with E-state index in [2.05, 4.69) is 60.0 Å². The summed E-state index contributed by atoms with van der Waals surface area (Å²) >= 11 is 0. The van der Waals surface area contributed by atoms with Crippen LogP contribution in [0.5, 0.6) is 5.75 Å². The lowest BCUT2D eigenvalue weighted by molar-refractivity contribution is 0.221. The van der Waals surface area contributed by atoms with Gasteiger partial charge in [-0.25, -0.2) is 4.98 Å². The molecule has 1 saturated heterocycles. The van der Waals surface area contributed by atoms with Crippen molar-refractivity contribution in [2.75, 3.05) is 27.2 Å². The molecule has 1 aromatic heterocycles. The van der Waals surface area contributed by atoms with Crippen LogP contribution in [0.2, 0.25) is 0 Å². The number of H-pyrrole nitrogens is 1. The first kappa shape index (κ1) is 22.8. The largest absolute Gasteiger partial charge is 0.497 e. The average molecular weight is 448 g/mol. The van der Waals surface area contributed by atoms with Crippen LogP contribution in [0.1, 0.15) is 36.2 Å². The summed E-state index contributed by atoms with van der Waals surface area (Å²) in [5.74, 6) is 2.92. The number of hydrogen-bond acceptors (Lipinski definition) is 5. The Morgan fingerprint density at radius 2 is 1.67 bits per heavy atom. The van der Waals surface area contributed by atoms with Crippen LogP contribution in [-0.2, 0) is 19.6 Å². The first-order valence-corrected chi connectivity index (χ1v) is 11.5. The Labute approximate surface area is 195 Å². The van der Waals surface area contributed by atoms with Crippen molar-refractivity contribution in [3.63, 3.8) is 0 Å². The fourth-order valence-electron chi connectivity index (χ4n) is 3.96. The minimum atomic E-state index is 0.498. The molecule has 2 aromatic carbocycles. The maximum atomic E-state index is 5.20. The number of piperidine rings is 1. The van der Waals surface area contributed by atoms with Gasteiger partial charge in [-0.3, -0.25) is 15.0 Å². The summed E-state index contributed by atoms with van der Waals surface area (Å²) in [4.78, 5) is 11.4. The third-order valence-corrected chi connectivity index (χ3v) is 5.86. The van der Waals surface area contributed by atoms with E-state index in [-0.39, 0.29) is 0 Å². The molecule has 8 nitrogen and oxygen atoms in total. The lowest BCUT2D eigenvalue weighted by Crippen LogP contribution is -2.36. The highest BCUT2D eigenvalue weighted by Gasteiger charge is 2.10. The molecule has 1 fully saturated rings. The second kappa shape index (κ2) is 11.5. The van der Waals surface area contributed by atoms with Gasteiger partial charge >= 0.3 is 0 Å². The normalized spacial score (nSPS) is 14.8. The highest BCUT2D eigenvalue weighted by Crippen LogP contribution is 2.19. The van der Waals surface area contributed by atoms with Crippen LogP contribution in [0, 0.1) is 0 Å². The highest BCUT2D eigenvalue weighted by molar-refractivity contribution is 5.79. The van der Waals surface area contributed by atoms with Gasteiger partial charge in [-0.15, -0.1) is 0 Å². The van der Waals surface area contributed by atoms with E-state index in [9.17, 15) is 0 Å². The average Bonchev–Trinajstić information content (AvgIpc) is 3.35. The Morgan fingerprint density at radius 1 is 0.970 bits per heavy atom. The molecule has 0 saturated carbocycles. The summed E-state index contributed by atoms with van der Waals surface area (Å²) in [5.41, 5.74) is 3.53. The molecule has 4 rings (SSSR count). The van der Waals surface area contributed by atoms with Crippen molar-refractivity contribution in [3.05, 3.63) is 65.5 Å². The number of nitrogens with zero attached hydrogens (tertiary/aromatic N) is 4. The lowest BCUT2D eigenvalue weighted by Gasteiger charge is -2.26. The first-order chi connectivity index (χ1) is 16.2. The summed E-state index contributed by atoms with van der Waals surface area (Å²) in [6, 6.07) is 16.5. The van der Waals surface area contributed by atoms with Gasteiger partial charge in [-0.05, 0) is 61.3 Å². The maximum Gasteiger partial charge on any atom is 0.191 e. The number of rotatable bonds is 8. The smallest absolute Gasteiger partial charge is 0.191 e. The molecule has 0 amide bonds. The van der Waals surface area contributed by atoms with E-state index in [1.165, 1.54) is 43.5 Å². The number of aromatic nitrogens is 3. The molecule has 0 unspecified atom stereocenters. The van der Waals surface area contributed by atoms with Gasteiger partial charge in [0, 0.05) is 25.7 Å². The van der Waals surface area contributed by atoms with Crippen LogP contribution in [0.15, 0.2) is 53.5 Å². The van der Waals surface area contributed by atoms with E-state index in [1.807, 2.05) is 24.3 Å². The van der Waals surface area contributed by atoms with E-state index < -0.39 is 0 Å². The van der Waals surface area contributed by atoms with Gasteiger partial charge in [-0.2, -0.15) is 5.10 Å². The number of guanidine groups is 1. The number of likely N-dealkylation sites (tertiary alicyclic amines) is 1. The van der Waals surface area contributed by atoms with Crippen LogP contribution < -0.4 is 15.4 Å². The molecule has 0 radical (unpaired) electrons. The van der Waals surface area contributed by atoms with Gasteiger partial charge in [0.1, 0.15) is 11.6 Å². The van der Waals surface area contributed by atoms with Crippen molar-refractivity contribution in [2.45, 2.75) is 38.9 Å². The Bertz CT molecular complexity index is 1020. The van der Waals surface area contributed by atoms with Gasteiger partial charge in [0.2, 0.25) is 0 Å².